The molecule has 4 aliphatic rings. The summed E-state index contributed by atoms with van der Waals surface area (Å²) < 4.78 is 47.5. The molecule has 2 aromatic rings. The molecule has 13 nitrogen and oxygen atoms in total. The highest BCUT2D eigenvalue weighted by Gasteiger charge is 2.52. The third-order valence-electron chi connectivity index (χ3n) is 11.2. The number of imide groups is 1. The van der Waals surface area contributed by atoms with Crippen molar-refractivity contribution in [1.82, 2.24) is 20.0 Å². The van der Waals surface area contributed by atoms with Crippen LogP contribution in [0.2, 0.25) is 0 Å². The summed E-state index contributed by atoms with van der Waals surface area (Å²) >= 11 is 5.73. The lowest BCUT2D eigenvalue weighted by Crippen LogP contribution is -2.58. The number of rotatable bonds is 10. The Balaban J connectivity index is 0.942. The maximum atomic E-state index is 13.7. The molecule has 17 heteroatoms. The van der Waals surface area contributed by atoms with Gasteiger partial charge in [0.15, 0.2) is 5.11 Å². The molecule has 5 amide bonds. The number of amides is 5. The minimum Gasteiger partial charge on any atom is -0.377 e. The molecule has 4 fully saturated rings. The summed E-state index contributed by atoms with van der Waals surface area (Å²) in [6, 6.07) is 11.5. The molecule has 0 unspecified atom stereocenters. The van der Waals surface area contributed by atoms with Gasteiger partial charge in [-0.15, -0.1) is 0 Å². The quantitative estimate of drug-likeness (QED) is 0.313. The molecule has 300 valence electrons. The van der Waals surface area contributed by atoms with Crippen LogP contribution in [0.15, 0.2) is 42.5 Å². The summed E-state index contributed by atoms with van der Waals surface area (Å²) in [7, 11) is 0. The second kappa shape index (κ2) is 16.5. The zero-order valence-corrected chi connectivity index (χ0v) is 32.7. The largest absolute Gasteiger partial charge is 0.417 e. The predicted octanol–water partition coefficient (Wildman–Crippen LogP) is 5.10. The fourth-order valence-corrected chi connectivity index (χ4v) is 8.90. The number of carbonyl (C=O) groups is 4. The molecule has 6 rings (SSSR count). The highest BCUT2D eigenvalue weighted by molar-refractivity contribution is 7.80. The number of urea groups is 1. The number of halogens is 3. The molecule has 56 heavy (non-hydrogen) atoms. The summed E-state index contributed by atoms with van der Waals surface area (Å²) in [5, 5.41) is 14.6. The van der Waals surface area contributed by atoms with Gasteiger partial charge in [-0.25, -0.2) is 4.79 Å². The Morgan fingerprint density at radius 1 is 1.02 bits per heavy atom. The molecule has 3 heterocycles. The van der Waals surface area contributed by atoms with Crippen molar-refractivity contribution in [2.45, 2.75) is 95.7 Å². The van der Waals surface area contributed by atoms with Crippen molar-refractivity contribution >= 4 is 58.1 Å². The third-order valence-corrected chi connectivity index (χ3v) is 11.6. The summed E-state index contributed by atoms with van der Waals surface area (Å²) in [6.07, 6.45) is -1.61. The van der Waals surface area contributed by atoms with Gasteiger partial charge in [0.05, 0.1) is 42.1 Å². The van der Waals surface area contributed by atoms with Crippen molar-refractivity contribution in [2.24, 2.45) is 0 Å². The Morgan fingerprint density at radius 2 is 1.66 bits per heavy atom. The number of nitriles is 1. The van der Waals surface area contributed by atoms with Crippen LogP contribution < -0.4 is 20.4 Å². The topological polar surface area (TPSA) is 142 Å². The Labute approximate surface area is 329 Å². The van der Waals surface area contributed by atoms with Crippen LogP contribution in [0.4, 0.5) is 35.0 Å². The highest BCUT2D eigenvalue weighted by atomic mass is 32.1. The second-order valence-corrected chi connectivity index (χ2v) is 15.8. The number of anilines is 3. The van der Waals surface area contributed by atoms with E-state index in [-0.39, 0.29) is 59.8 Å². The van der Waals surface area contributed by atoms with Crippen molar-refractivity contribution in [3.05, 3.63) is 53.6 Å². The van der Waals surface area contributed by atoms with Gasteiger partial charge in [-0.2, -0.15) is 18.4 Å². The van der Waals surface area contributed by atoms with Crippen LogP contribution >= 0.6 is 12.2 Å². The molecule has 3 aliphatic heterocycles. The smallest absolute Gasteiger partial charge is 0.377 e. The molecular formula is C39H47F3N8O5S. The number of benzene rings is 2. The van der Waals surface area contributed by atoms with Gasteiger partial charge in [-0.05, 0) is 108 Å². The first-order valence-electron chi connectivity index (χ1n) is 18.9. The van der Waals surface area contributed by atoms with Gasteiger partial charge >= 0.3 is 12.2 Å². The van der Waals surface area contributed by atoms with Gasteiger partial charge in [-0.1, -0.05) is 0 Å². The van der Waals surface area contributed by atoms with Gasteiger partial charge < -0.3 is 15.0 Å². The molecule has 0 radical (unpaired) electrons. The van der Waals surface area contributed by atoms with Crippen LogP contribution in [0.5, 0.6) is 0 Å². The van der Waals surface area contributed by atoms with Crippen LogP contribution in [0, 0.1) is 11.3 Å². The first-order valence-corrected chi connectivity index (χ1v) is 19.3. The van der Waals surface area contributed by atoms with Crippen LogP contribution in [-0.2, 0) is 25.3 Å². The number of thiocarbonyl (C=S) groups is 1. The number of nitrogens with zero attached hydrogens (tertiary/aromatic N) is 6. The van der Waals surface area contributed by atoms with Gasteiger partial charge in [0.2, 0.25) is 11.8 Å². The molecule has 0 spiro atoms. The number of nitrogens with one attached hydrogen (secondary N) is 2. The number of hydrogen-bond donors (Lipinski definition) is 2. The van der Waals surface area contributed by atoms with E-state index in [4.69, 9.17) is 17.0 Å². The molecule has 2 N–H and O–H groups in total. The van der Waals surface area contributed by atoms with Crippen molar-refractivity contribution < 1.29 is 37.1 Å². The second-order valence-electron chi connectivity index (χ2n) is 15.5. The molecule has 1 aliphatic carbocycles. The zero-order valence-electron chi connectivity index (χ0n) is 31.9. The monoisotopic (exact) mass is 796 g/mol. The summed E-state index contributed by atoms with van der Waals surface area (Å²) in [5.41, 5.74) is -1.45. The van der Waals surface area contributed by atoms with Crippen molar-refractivity contribution in [1.29, 1.82) is 5.26 Å². The molecule has 3 saturated heterocycles. The van der Waals surface area contributed by atoms with Gasteiger partial charge in [0.25, 0.3) is 5.91 Å². The predicted molar refractivity (Wildman–Crippen MR) is 207 cm³/mol. The SMILES string of the molecule is C[C@@H]1CN(CCO[C@H]2CC[C@H](N3C(=S)N(c4ccc(C#N)c(C(F)(F)F)c4)C(=O)C3(C)C)CC2)C[C@H](C)N1CC(=O)Nc1ccc(N2CCC(=O)NC2=O)cc1. The van der Waals surface area contributed by atoms with Gasteiger partial charge in [0, 0.05) is 62.1 Å². The highest BCUT2D eigenvalue weighted by Crippen LogP contribution is 2.40. The summed E-state index contributed by atoms with van der Waals surface area (Å²) in [4.78, 5) is 59.3. The van der Waals surface area contributed by atoms with E-state index >= 15 is 0 Å². The van der Waals surface area contributed by atoms with Crippen molar-refractivity contribution in [3.63, 3.8) is 0 Å². The standard InChI is InChI=1S/C39H47F3N8O5S/c1-24-21-46(22-25(2)48(24)23-34(52)44-27-6-9-28(10-7-27)47-16-15-33(51)45-36(47)54)17-18-55-31-13-11-29(12-14-31)50-37(56)49(35(53)38(50,3)4)30-8-5-26(20-43)32(19-30)39(40,41)42/h5-10,19,24-25,29,31H,11-18,21-23H2,1-4H3,(H,44,52)(H,45,51,54)/t24-,25+,29-,31-. The lowest BCUT2D eigenvalue weighted by molar-refractivity contribution is -0.137. The number of carbonyl (C=O) groups excluding carboxylic acids is 4. The van der Waals surface area contributed by atoms with Gasteiger partial charge in [-0.3, -0.25) is 39.3 Å². The summed E-state index contributed by atoms with van der Waals surface area (Å²) in [6.45, 7) is 11.0. The average molecular weight is 797 g/mol. The van der Waals surface area contributed by atoms with E-state index in [1.54, 1.807) is 44.2 Å². The lowest BCUT2D eigenvalue weighted by Gasteiger charge is -2.44. The Bertz CT molecular complexity index is 1880. The molecular weight excluding hydrogens is 750 g/mol. The van der Waals surface area contributed by atoms with Crippen LogP contribution in [0.1, 0.15) is 70.9 Å². The Morgan fingerprint density at radius 3 is 2.27 bits per heavy atom. The number of hydrogen-bond acceptors (Lipinski definition) is 9. The fraction of sp³-hybridized carbons (Fsp3) is 0.538. The fourth-order valence-electron chi connectivity index (χ4n) is 8.33. The number of alkyl halides is 3. The summed E-state index contributed by atoms with van der Waals surface area (Å²) in [5.74, 6) is -0.848. The van der Waals surface area contributed by atoms with E-state index in [2.05, 4.69) is 34.3 Å². The lowest BCUT2D eigenvalue weighted by atomic mass is 9.89. The molecule has 1 saturated carbocycles. The van der Waals surface area contributed by atoms with Gasteiger partial charge in [0.1, 0.15) is 5.54 Å². The van der Waals surface area contributed by atoms with E-state index in [9.17, 15) is 37.6 Å². The maximum absolute atomic E-state index is 13.7. The maximum Gasteiger partial charge on any atom is 0.417 e. The van der Waals surface area contributed by atoms with E-state index in [0.29, 0.717) is 37.4 Å². The zero-order chi connectivity index (χ0) is 40.5. The Hall–Kier alpha value is -4.63. The molecule has 2 atom stereocenters. The van der Waals surface area contributed by atoms with E-state index < -0.39 is 34.8 Å². The minimum absolute atomic E-state index is 0.0130. The van der Waals surface area contributed by atoms with Crippen LogP contribution in [0.25, 0.3) is 0 Å². The van der Waals surface area contributed by atoms with Crippen LogP contribution in [-0.4, -0.2) is 113 Å². The van der Waals surface area contributed by atoms with E-state index in [0.717, 1.165) is 49.5 Å². The molecule has 2 aromatic carbocycles. The Kier molecular flexibility index (Phi) is 12.1. The minimum atomic E-state index is -4.76. The average Bonchev–Trinajstić information content (AvgIpc) is 3.32. The first-order chi connectivity index (χ1) is 26.5. The van der Waals surface area contributed by atoms with E-state index in [1.165, 1.54) is 11.0 Å². The van der Waals surface area contributed by atoms with Crippen LogP contribution in [0.3, 0.4) is 0 Å². The number of piperazine rings is 1. The van der Waals surface area contributed by atoms with Crippen molar-refractivity contribution in [3.8, 4) is 6.07 Å². The first kappa shape index (κ1) is 41.0. The van der Waals surface area contributed by atoms with Crippen molar-refractivity contribution in [2.75, 3.05) is 54.4 Å². The number of ether oxygens (including phenoxy) is 1. The molecule has 0 aromatic heterocycles. The normalized spacial score (nSPS) is 25.0. The van der Waals surface area contributed by atoms with E-state index in [1.807, 2.05) is 4.90 Å². The molecule has 0 bridgehead atoms. The third kappa shape index (κ3) is 8.68.